The Bertz CT molecular complexity index is 788. The Balaban J connectivity index is 2.09. The van der Waals surface area contributed by atoms with Crippen LogP contribution in [-0.2, 0) is 6.42 Å². The van der Waals surface area contributed by atoms with E-state index in [0.29, 0.717) is 17.6 Å². The van der Waals surface area contributed by atoms with Gasteiger partial charge in [0.1, 0.15) is 16.4 Å². The Kier molecular flexibility index (Phi) is 3.70. The summed E-state index contributed by atoms with van der Waals surface area (Å²) in [7, 11) is 1.75. The molecule has 21 heavy (non-hydrogen) atoms. The van der Waals surface area contributed by atoms with Crippen LogP contribution in [0.1, 0.15) is 11.8 Å². The van der Waals surface area contributed by atoms with Crippen molar-refractivity contribution in [1.29, 1.82) is 0 Å². The standard InChI is InChI=1S/C15H14FN3OS/c1-3-11-8-12-13(18-15(17-2)19-14(12)21-11)20-10-6-4-5-9(16)7-10/h4-8H,3H2,1-2H3,(H,17,18,19). The second kappa shape index (κ2) is 5.65. The van der Waals surface area contributed by atoms with Crippen LogP contribution in [0.25, 0.3) is 10.2 Å². The van der Waals surface area contributed by atoms with Gasteiger partial charge in [0.2, 0.25) is 11.8 Å². The fourth-order valence-corrected chi connectivity index (χ4v) is 2.91. The third kappa shape index (κ3) is 2.80. The highest BCUT2D eigenvalue weighted by Crippen LogP contribution is 2.34. The van der Waals surface area contributed by atoms with Crippen LogP contribution in [0, 0.1) is 5.82 Å². The number of nitrogens with zero attached hydrogens (tertiary/aromatic N) is 2. The predicted molar refractivity (Wildman–Crippen MR) is 82.8 cm³/mol. The molecule has 0 amide bonds. The zero-order valence-corrected chi connectivity index (χ0v) is 12.5. The molecular formula is C15H14FN3OS. The number of aromatic nitrogens is 2. The molecule has 0 aliphatic carbocycles. The van der Waals surface area contributed by atoms with Gasteiger partial charge in [-0.3, -0.25) is 0 Å². The van der Waals surface area contributed by atoms with E-state index in [1.165, 1.54) is 17.0 Å². The molecule has 108 valence electrons. The molecule has 0 bridgehead atoms. The lowest BCUT2D eigenvalue weighted by atomic mass is 10.3. The summed E-state index contributed by atoms with van der Waals surface area (Å²) in [5.74, 6) is 0.997. The summed E-state index contributed by atoms with van der Waals surface area (Å²) in [5.41, 5.74) is 0. The van der Waals surface area contributed by atoms with Gasteiger partial charge < -0.3 is 10.1 Å². The maximum atomic E-state index is 13.3. The topological polar surface area (TPSA) is 47.0 Å². The van der Waals surface area contributed by atoms with Crippen molar-refractivity contribution in [2.45, 2.75) is 13.3 Å². The van der Waals surface area contributed by atoms with Crippen LogP contribution in [0.3, 0.4) is 0 Å². The zero-order valence-electron chi connectivity index (χ0n) is 11.7. The Morgan fingerprint density at radius 3 is 2.86 bits per heavy atom. The molecule has 0 radical (unpaired) electrons. The van der Waals surface area contributed by atoms with E-state index in [-0.39, 0.29) is 5.82 Å². The van der Waals surface area contributed by atoms with Gasteiger partial charge in [0.05, 0.1) is 5.39 Å². The number of thiophene rings is 1. The highest BCUT2D eigenvalue weighted by atomic mass is 32.1. The van der Waals surface area contributed by atoms with Gasteiger partial charge in [0.15, 0.2) is 0 Å². The number of anilines is 1. The van der Waals surface area contributed by atoms with Gasteiger partial charge in [-0.1, -0.05) is 13.0 Å². The fraction of sp³-hybridized carbons (Fsp3) is 0.200. The first-order valence-corrected chi connectivity index (χ1v) is 7.43. The molecule has 6 heteroatoms. The summed E-state index contributed by atoms with van der Waals surface area (Å²) >= 11 is 1.61. The van der Waals surface area contributed by atoms with Crippen molar-refractivity contribution in [2.24, 2.45) is 0 Å². The highest BCUT2D eigenvalue weighted by Gasteiger charge is 2.13. The number of fused-ring (bicyclic) bond motifs is 1. The van der Waals surface area contributed by atoms with E-state index >= 15 is 0 Å². The van der Waals surface area contributed by atoms with E-state index in [0.717, 1.165) is 16.6 Å². The Morgan fingerprint density at radius 1 is 1.29 bits per heavy atom. The average molecular weight is 303 g/mol. The number of halogens is 1. The summed E-state index contributed by atoms with van der Waals surface area (Å²) in [5, 5.41) is 3.76. The van der Waals surface area contributed by atoms with Gasteiger partial charge in [0.25, 0.3) is 0 Å². The molecule has 2 heterocycles. The van der Waals surface area contributed by atoms with Crippen molar-refractivity contribution in [3.63, 3.8) is 0 Å². The normalized spacial score (nSPS) is 10.8. The quantitative estimate of drug-likeness (QED) is 0.783. The summed E-state index contributed by atoms with van der Waals surface area (Å²) in [6.07, 6.45) is 0.926. The molecule has 0 aliphatic heterocycles. The van der Waals surface area contributed by atoms with Gasteiger partial charge in [-0.05, 0) is 24.6 Å². The number of rotatable bonds is 4. The van der Waals surface area contributed by atoms with Crippen LogP contribution in [0.4, 0.5) is 10.3 Å². The molecule has 0 atom stereocenters. The minimum Gasteiger partial charge on any atom is -0.438 e. The van der Waals surface area contributed by atoms with Gasteiger partial charge in [-0.15, -0.1) is 11.3 Å². The number of ether oxygens (including phenoxy) is 1. The maximum Gasteiger partial charge on any atom is 0.232 e. The second-order valence-corrected chi connectivity index (χ2v) is 5.56. The van der Waals surface area contributed by atoms with Gasteiger partial charge >= 0.3 is 0 Å². The second-order valence-electron chi connectivity index (χ2n) is 4.45. The summed E-state index contributed by atoms with van der Waals surface area (Å²) in [6, 6.07) is 8.03. The Labute approximate surface area is 125 Å². The van der Waals surface area contributed by atoms with Crippen molar-refractivity contribution < 1.29 is 9.13 Å². The van der Waals surface area contributed by atoms with Gasteiger partial charge in [0, 0.05) is 18.0 Å². The van der Waals surface area contributed by atoms with Crippen LogP contribution >= 0.6 is 11.3 Å². The number of aryl methyl sites for hydroxylation is 1. The first-order valence-electron chi connectivity index (χ1n) is 6.61. The molecule has 0 spiro atoms. The molecular weight excluding hydrogens is 289 g/mol. The van der Waals surface area contributed by atoms with Crippen molar-refractivity contribution in [3.8, 4) is 11.6 Å². The lowest BCUT2D eigenvalue weighted by Crippen LogP contribution is -1.98. The summed E-state index contributed by atoms with van der Waals surface area (Å²) in [6.45, 7) is 2.09. The van der Waals surface area contributed by atoms with Gasteiger partial charge in [-0.25, -0.2) is 9.37 Å². The number of hydrogen-bond donors (Lipinski definition) is 1. The lowest BCUT2D eigenvalue weighted by Gasteiger charge is -2.07. The summed E-state index contributed by atoms with van der Waals surface area (Å²) in [4.78, 5) is 10.8. The molecule has 3 aromatic rings. The molecule has 0 aliphatic rings. The summed E-state index contributed by atoms with van der Waals surface area (Å²) < 4.78 is 19.0. The minimum atomic E-state index is -0.341. The van der Waals surface area contributed by atoms with Crippen LogP contribution in [0.15, 0.2) is 30.3 Å². The lowest BCUT2D eigenvalue weighted by molar-refractivity contribution is 0.464. The zero-order chi connectivity index (χ0) is 14.8. The number of benzene rings is 1. The molecule has 4 nitrogen and oxygen atoms in total. The van der Waals surface area contributed by atoms with E-state index in [2.05, 4.69) is 22.2 Å². The minimum absolute atomic E-state index is 0.341. The van der Waals surface area contributed by atoms with E-state index in [1.807, 2.05) is 6.07 Å². The Morgan fingerprint density at radius 2 is 2.14 bits per heavy atom. The smallest absolute Gasteiger partial charge is 0.232 e. The molecule has 3 rings (SSSR count). The molecule has 2 aromatic heterocycles. The predicted octanol–water partition coefficient (Wildman–Crippen LogP) is 4.23. The monoisotopic (exact) mass is 303 g/mol. The van der Waals surface area contributed by atoms with Crippen LogP contribution in [0.2, 0.25) is 0 Å². The van der Waals surface area contributed by atoms with E-state index in [1.54, 1.807) is 30.5 Å². The van der Waals surface area contributed by atoms with E-state index in [4.69, 9.17) is 4.74 Å². The van der Waals surface area contributed by atoms with Crippen molar-refractivity contribution >= 4 is 27.5 Å². The van der Waals surface area contributed by atoms with Gasteiger partial charge in [-0.2, -0.15) is 4.98 Å². The first-order chi connectivity index (χ1) is 10.2. The average Bonchev–Trinajstić information content (AvgIpc) is 2.90. The van der Waals surface area contributed by atoms with Crippen LogP contribution in [-0.4, -0.2) is 17.0 Å². The van der Waals surface area contributed by atoms with Crippen molar-refractivity contribution in [3.05, 3.63) is 41.0 Å². The molecule has 0 fully saturated rings. The largest absolute Gasteiger partial charge is 0.438 e. The molecule has 0 saturated heterocycles. The maximum absolute atomic E-state index is 13.3. The van der Waals surface area contributed by atoms with E-state index < -0.39 is 0 Å². The van der Waals surface area contributed by atoms with Crippen molar-refractivity contribution in [2.75, 3.05) is 12.4 Å². The fourth-order valence-electron chi connectivity index (χ4n) is 1.95. The van der Waals surface area contributed by atoms with E-state index in [9.17, 15) is 4.39 Å². The highest BCUT2D eigenvalue weighted by molar-refractivity contribution is 7.18. The van der Waals surface area contributed by atoms with Crippen LogP contribution < -0.4 is 10.1 Å². The number of hydrogen-bond acceptors (Lipinski definition) is 5. The number of nitrogens with one attached hydrogen (secondary N) is 1. The third-order valence-corrected chi connectivity index (χ3v) is 4.16. The molecule has 0 unspecified atom stereocenters. The van der Waals surface area contributed by atoms with Crippen molar-refractivity contribution in [1.82, 2.24) is 9.97 Å². The third-order valence-electron chi connectivity index (χ3n) is 2.99. The molecule has 0 saturated carbocycles. The first kappa shape index (κ1) is 13.8. The molecule has 1 aromatic carbocycles. The van der Waals surface area contributed by atoms with Crippen LogP contribution in [0.5, 0.6) is 11.6 Å². The Hall–Kier alpha value is -2.21. The molecule has 1 N–H and O–H groups in total. The SMILES string of the molecule is CCc1cc2c(Oc3cccc(F)c3)nc(NC)nc2s1.